The number of rotatable bonds is 6. The normalized spacial score (nSPS) is 26.5. The first kappa shape index (κ1) is 14.5. The van der Waals surface area contributed by atoms with Crippen molar-refractivity contribution in [1.29, 1.82) is 0 Å². The second-order valence-corrected chi connectivity index (χ2v) is 4.99. The van der Waals surface area contributed by atoms with Gasteiger partial charge in [0, 0.05) is 6.54 Å². The van der Waals surface area contributed by atoms with Gasteiger partial charge in [-0.1, -0.05) is 6.92 Å². The van der Waals surface area contributed by atoms with E-state index in [1.165, 1.54) is 0 Å². The number of aliphatic hydroxyl groups excluding tert-OH is 1. The molecule has 0 bridgehead atoms. The van der Waals surface area contributed by atoms with E-state index in [0.29, 0.717) is 19.1 Å². The maximum absolute atomic E-state index is 11.4. The van der Waals surface area contributed by atoms with Crippen molar-refractivity contribution in [3.63, 3.8) is 0 Å². The molecule has 4 heteroatoms. The van der Waals surface area contributed by atoms with Crippen LogP contribution in [0.25, 0.3) is 0 Å². The van der Waals surface area contributed by atoms with Crippen molar-refractivity contribution in [2.24, 2.45) is 11.8 Å². The Kier molecular flexibility index (Phi) is 6.52. The third kappa shape index (κ3) is 5.50. The molecule has 0 heterocycles. The van der Waals surface area contributed by atoms with Crippen molar-refractivity contribution < 1.29 is 14.6 Å². The molecule has 1 saturated carbocycles. The summed E-state index contributed by atoms with van der Waals surface area (Å²) in [6.07, 6.45) is 3.91. The molecule has 0 radical (unpaired) electrons. The number of nitrogens with one attached hydrogen (secondary N) is 1. The summed E-state index contributed by atoms with van der Waals surface area (Å²) in [5.74, 6) is 0.441. The predicted molar refractivity (Wildman–Crippen MR) is 66.6 cm³/mol. The molecular formula is C13H25NO3. The summed E-state index contributed by atoms with van der Waals surface area (Å²) >= 11 is 0. The maximum atomic E-state index is 11.4. The third-order valence-electron chi connectivity index (χ3n) is 3.39. The van der Waals surface area contributed by atoms with Crippen LogP contribution >= 0.6 is 0 Å². The number of hydrogen-bond acceptors (Lipinski definition) is 4. The molecular weight excluding hydrogens is 218 g/mol. The van der Waals surface area contributed by atoms with Gasteiger partial charge in [0.05, 0.1) is 18.6 Å². The fourth-order valence-corrected chi connectivity index (χ4v) is 2.22. The Morgan fingerprint density at radius 3 is 2.65 bits per heavy atom. The van der Waals surface area contributed by atoms with E-state index in [-0.39, 0.29) is 18.0 Å². The standard InChI is InChI=1S/C13H25NO3/c1-3-17-13(16)10(2)8-14-9-11-4-6-12(15)7-5-11/h10-12,14-15H,3-9H2,1-2H3. The Hall–Kier alpha value is -0.610. The van der Waals surface area contributed by atoms with Gasteiger partial charge in [0.15, 0.2) is 0 Å². The lowest BCUT2D eigenvalue weighted by Crippen LogP contribution is -2.33. The molecule has 100 valence electrons. The van der Waals surface area contributed by atoms with E-state index in [1.807, 2.05) is 13.8 Å². The second kappa shape index (κ2) is 7.67. The van der Waals surface area contributed by atoms with E-state index in [1.54, 1.807) is 0 Å². The third-order valence-corrected chi connectivity index (χ3v) is 3.39. The predicted octanol–water partition coefficient (Wildman–Crippen LogP) is 1.33. The molecule has 0 amide bonds. The molecule has 4 nitrogen and oxygen atoms in total. The van der Waals surface area contributed by atoms with Crippen LogP contribution in [0.2, 0.25) is 0 Å². The van der Waals surface area contributed by atoms with Gasteiger partial charge in [-0.15, -0.1) is 0 Å². The van der Waals surface area contributed by atoms with Gasteiger partial charge < -0.3 is 15.2 Å². The van der Waals surface area contributed by atoms with E-state index in [2.05, 4.69) is 5.32 Å². The van der Waals surface area contributed by atoms with Gasteiger partial charge >= 0.3 is 5.97 Å². The zero-order valence-electron chi connectivity index (χ0n) is 10.9. The molecule has 1 aliphatic rings. The van der Waals surface area contributed by atoms with Crippen molar-refractivity contribution in [1.82, 2.24) is 5.32 Å². The second-order valence-electron chi connectivity index (χ2n) is 4.99. The summed E-state index contributed by atoms with van der Waals surface area (Å²) in [6.45, 7) is 5.78. The Labute approximate surface area is 104 Å². The fourth-order valence-electron chi connectivity index (χ4n) is 2.22. The van der Waals surface area contributed by atoms with Gasteiger partial charge in [0.1, 0.15) is 0 Å². The quantitative estimate of drug-likeness (QED) is 0.691. The number of aliphatic hydroxyl groups is 1. The van der Waals surface area contributed by atoms with Crippen LogP contribution in [0, 0.1) is 11.8 Å². The lowest BCUT2D eigenvalue weighted by Gasteiger charge is -2.25. The molecule has 17 heavy (non-hydrogen) atoms. The van der Waals surface area contributed by atoms with Crippen LogP contribution in [0.1, 0.15) is 39.5 Å². The van der Waals surface area contributed by atoms with Gasteiger partial charge in [-0.05, 0) is 45.1 Å². The molecule has 1 atom stereocenters. The van der Waals surface area contributed by atoms with E-state index in [0.717, 1.165) is 32.2 Å². The van der Waals surface area contributed by atoms with Gasteiger partial charge in [-0.25, -0.2) is 0 Å². The molecule has 1 rings (SSSR count). The maximum Gasteiger partial charge on any atom is 0.309 e. The average molecular weight is 243 g/mol. The van der Waals surface area contributed by atoms with Crippen LogP contribution in [0.5, 0.6) is 0 Å². The van der Waals surface area contributed by atoms with Gasteiger partial charge in [-0.3, -0.25) is 4.79 Å². The Bertz CT molecular complexity index is 225. The molecule has 0 aromatic heterocycles. The van der Waals surface area contributed by atoms with Crippen LogP contribution in [-0.4, -0.2) is 36.9 Å². The number of carbonyl (C=O) groups excluding carboxylic acids is 1. The van der Waals surface area contributed by atoms with Crippen LogP contribution in [0.3, 0.4) is 0 Å². The first-order valence-electron chi connectivity index (χ1n) is 6.68. The summed E-state index contributed by atoms with van der Waals surface area (Å²) in [6, 6.07) is 0. The highest BCUT2D eigenvalue weighted by Gasteiger charge is 2.20. The minimum absolute atomic E-state index is 0.0795. The summed E-state index contributed by atoms with van der Waals surface area (Å²) in [4.78, 5) is 11.4. The minimum atomic E-state index is -0.126. The topological polar surface area (TPSA) is 58.6 Å². The van der Waals surface area contributed by atoms with Crippen molar-refractivity contribution in [2.45, 2.75) is 45.6 Å². The van der Waals surface area contributed by atoms with E-state index in [4.69, 9.17) is 4.74 Å². The highest BCUT2D eigenvalue weighted by atomic mass is 16.5. The molecule has 0 aromatic carbocycles. The van der Waals surface area contributed by atoms with Gasteiger partial charge in [0.25, 0.3) is 0 Å². The number of carbonyl (C=O) groups is 1. The number of ether oxygens (including phenoxy) is 1. The summed E-state index contributed by atoms with van der Waals surface area (Å²) in [7, 11) is 0. The zero-order valence-corrected chi connectivity index (χ0v) is 10.9. The van der Waals surface area contributed by atoms with Crippen LogP contribution in [0.15, 0.2) is 0 Å². The van der Waals surface area contributed by atoms with Crippen molar-refractivity contribution in [3.8, 4) is 0 Å². The Balaban J connectivity index is 2.09. The lowest BCUT2D eigenvalue weighted by molar-refractivity contribution is -0.147. The first-order valence-corrected chi connectivity index (χ1v) is 6.68. The minimum Gasteiger partial charge on any atom is -0.466 e. The van der Waals surface area contributed by atoms with Crippen molar-refractivity contribution in [3.05, 3.63) is 0 Å². The average Bonchev–Trinajstić information content (AvgIpc) is 2.32. The molecule has 0 spiro atoms. The van der Waals surface area contributed by atoms with Gasteiger partial charge in [0.2, 0.25) is 0 Å². The molecule has 1 unspecified atom stereocenters. The summed E-state index contributed by atoms with van der Waals surface area (Å²) < 4.78 is 4.95. The monoisotopic (exact) mass is 243 g/mol. The lowest BCUT2D eigenvalue weighted by atomic mass is 9.87. The van der Waals surface area contributed by atoms with Crippen molar-refractivity contribution >= 4 is 5.97 Å². The highest BCUT2D eigenvalue weighted by molar-refractivity contribution is 5.72. The van der Waals surface area contributed by atoms with Crippen LogP contribution < -0.4 is 5.32 Å². The van der Waals surface area contributed by atoms with E-state index >= 15 is 0 Å². The van der Waals surface area contributed by atoms with Crippen LogP contribution in [0.4, 0.5) is 0 Å². The molecule has 0 saturated heterocycles. The molecule has 0 aliphatic heterocycles. The smallest absolute Gasteiger partial charge is 0.309 e. The summed E-state index contributed by atoms with van der Waals surface area (Å²) in [5, 5.41) is 12.7. The zero-order chi connectivity index (χ0) is 12.7. The number of hydrogen-bond donors (Lipinski definition) is 2. The highest BCUT2D eigenvalue weighted by Crippen LogP contribution is 2.23. The SMILES string of the molecule is CCOC(=O)C(C)CNCC1CCC(O)CC1. The Morgan fingerprint density at radius 2 is 2.06 bits per heavy atom. The van der Waals surface area contributed by atoms with Gasteiger partial charge in [-0.2, -0.15) is 0 Å². The molecule has 1 aliphatic carbocycles. The summed E-state index contributed by atoms with van der Waals surface area (Å²) in [5.41, 5.74) is 0. The van der Waals surface area contributed by atoms with Crippen LogP contribution in [-0.2, 0) is 9.53 Å². The first-order chi connectivity index (χ1) is 8.13. The Morgan fingerprint density at radius 1 is 1.41 bits per heavy atom. The van der Waals surface area contributed by atoms with Crippen molar-refractivity contribution in [2.75, 3.05) is 19.7 Å². The van der Waals surface area contributed by atoms with E-state index in [9.17, 15) is 9.90 Å². The fraction of sp³-hybridized carbons (Fsp3) is 0.923. The molecule has 2 N–H and O–H groups in total. The molecule has 1 fully saturated rings. The molecule has 0 aromatic rings. The van der Waals surface area contributed by atoms with E-state index < -0.39 is 0 Å². The largest absolute Gasteiger partial charge is 0.466 e. The number of esters is 1.